The van der Waals surface area contributed by atoms with Gasteiger partial charge in [0.15, 0.2) is 0 Å². The van der Waals surface area contributed by atoms with E-state index in [9.17, 15) is 9.18 Å². The molecule has 0 spiro atoms. The number of unbranched alkanes of at least 4 members (excludes halogenated alkanes) is 6. The summed E-state index contributed by atoms with van der Waals surface area (Å²) >= 11 is 0. The molecule has 1 fully saturated rings. The summed E-state index contributed by atoms with van der Waals surface area (Å²) in [5, 5.41) is 4.88. The minimum Gasteiger partial charge on any atom is -0.354 e. The van der Waals surface area contributed by atoms with Crippen LogP contribution in [0.15, 0.2) is 24.3 Å². The van der Waals surface area contributed by atoms with Crippen LogP contribution in [0.5, 0.6) is 0 Å². The zero-order valence-corrected chi connectivity index (χ0v) is 23.6. The molecule has 2 heterocycles. The van der Waals surface area contributed by atoms with Gasteiger partial charge < -0.3 is 14.7 Å². The molecule has 3 rings (SSSR count). The van der Waals surface area contributed by atoms with Crippen LogP contribution in [0, 0.1) is 12.7 Å². The van der Waals surface area contributed by atoms with Crippen molar-refractivity contribution in [1.29, 1.82) is 0 Å². The first kappa shape index (κ1) is 29.2. The lowest BCUT2D eigenvalue weighted by Gasteiger charge is -2.36. The van der Waals surface area contributed by atoms with Gasteiger partial charge in [0.05, 0.1) is 17.9 Å². The molecule has 1 aliphatic heterocycles. The zero-order chi connectivity index (χ0) is 26.6. The molecule has 0 bridgehead atoms. The fraction of sp³-hybridized carbons (Fsp3) is 0.667. The minimum atomic E-state index is -0.272. The minimum absolute atomic E-state index is 0.232. The summed E-state index contributed by atoms with van der Waals surface area (Å²) < 4.78 is 16.1. The van der Waals surface area contributed by atoms with Crippen LogP contribution in [0.3, 0.4) is 0 Å². The Kier molecular flexibility index (Phi) is 11.9. The number of aromatic nitrogens is 2. The van der Waals surface area contributed by atoms with E-state index >= 15 is 0 Å². The number of benzene rings is 1. The average Bonchev–Trinajstić information content (AvgIpc) is 3.23. The van der Waals surface area contributed by atoms with Crippen molar-refractivity contribution in [2.45, 2.75) is 92.0 Å². The molecule has 1 aliphatic rings. The van der Waals surface area contributed by atoms with Crippen LogP contribution >= 0.6 is 0 Å². The average molecular weight is 514 g/mol. The summed E-state index contributed by atoms with van der Waals surface area (Å²) in [6.07, 6.45) is 9.97. The number of carbonyl (C=O) groups is 1. The highest BCUT2D eigenvalue weighted by molar-refractivity contribution is 5.76. The van der Waals surface area contributed by atoms with Crippen LogP contribution < -0.4 is 4.90 Å². The van der Waals surface area contributed by atoms with Gasteiger partial charge in [0, 0.05) is 44.7 Å². The number of nitrogens with zero attached hydrogens (tertiary/aromatic N) is 5. The molecule has 1 amide bonds. The van der Waals surface area contributed by atoms with E-state index in [2.05, 4.69) is 30.6 Å². The van der Waals surface area contributed by atoms with Gasteiger partial charge in [-0.05, 0) is 44.5 Å². The number of likely N-dealkylation sites (N-methyl/N-ethyl adjacent to an activating group) is 1. The number of anilines is 1. The third kappa shape index (κ3) is 8.29. The lowest BCUT2D eigenvalue weighted by Crippen LogP contribution is -2.47. The van der Waals surface area contributed by atoms with Gasteiger partial charge in [-0.25, -0.2) is 9.07 Å². The van der Waals surface area contributed by atoms with E-state index < -0.39 is 0 Å². The number of rotatable bonds is 15. The molecule has 0 radical (unpaired) electrons. The predicted octanol–water partition coefficient (Wildman–Crippen LogP) is 6.34. The van der Waals surface area contributed by atoms with Crippen LogP contribution in [0.25, 0.3) is 5.69 Å². The van der Waals surface area contributed by atoms with Crippen molar-refractivity contribution in [2.24, 2.45) is 0 Å². The zero-order valence-electron chi connectivity index (χ0n) is 23.6. The first-order chi connectivity index (χ1) is 18.0. The normalized spacial score (nSPS) is 14.4. The van der Waals surface area contributed by atoms with Gasteiger partial charge in [-0.1, -0.05) is 65.4 Å². The number of halogens is 1. The Morgan fingerprint density at radius 2 is 1.68 bits per heavy atom. The van der Waals surface area contributed by atoms with Gasteiger partial charge in [-0.3, -0.25) is 4.79 Å². The van der Waals surface area contributed by atoms with Gasteiger partial charge in [-0.2, -0.15) is 5.10 Å². The molecule has 6 nitrogen and oxygen atoms in total. The highest BCUT2D eigenvalue weighted by Gasteiger charge is 2.27. The Balaban J connectivity index is 1.79. The molecule has 0 N–H and O–H groups in total. The summed E-state index contributed by atoms with van der Waals surface area (Å²) in [5.74, 6) is 0.963. The maximum absolute atomic E-state index is 14.2. The number of hydrogen-bond acceptors (Lipinski definition) is 4. The number of aryl methyl sites for hydroxylation is 1. The van der Waals surface area contributed by atoms with Gasteiger partial charge in [0.2, 0.25) is 5.91 Å². The molecule has 2 aromatic rings. The monoisotopic (exact) mass is 513 g/mol. The van der Waals surface area contributed by atoms with Crippen LogP contribution in [0.4, 0.5) is 10.2 Å². The molecule has 1 aromatic carbocycles. The molecular formula is C30H48FN5O. The van der Waals surface area contributed by atoms with E-state index in [4.69, 9.17) is 5.10 Å². The van der Waals surface area contributed by atoms with Crippen molar-refractivity contribution in [1.82, 2.24) is 19.6 Å². The van der Waals surface area contributed by atoms with Crippen molar-refractivity contribution >= 4 is 11.7 Å². The van der Waals surface area contributed by atoms with Crippen molar-refractivity contribution in [3.05, 3.63) is 41.3 Å². The van der Waals surface area contributed by atoms with Gasteiger partial charge in [0.25, 0.3) is 0 Å². The number of amides is 1. The molecule has 0 atom stereocenters. The second-order valence-electron chi connectivity index (χ2n) is 10.4. The molecule has 206 valence electrons. The van der Waals surface area contributed by atoms with Gasteiger partial charge in [-0.15, -0.1) is 0 Å². The van der Waals surface area contributed by atoms with E-state index in [-0.39, 0.29) is 11.7 Å². The van der Waals surface area contributed by atoms with Gasteiger partial charge in [0.1, 0.15) is 11.6 Å². The van der Waals surface area contributed by atoms with E-state index in [1.165, 1.54) is 44.2 Å². The fourth-order valence-corrected chi connectivity index (χ4v) is 5.27. The molecule has 0 aliphatic carbocycles. The van der Waals surface area contributed by atoms with Crippen molar-refractivity contribution < 1.29 is 9.18 Å². The Morgan fingerprint density at radius 3 is 2.32 bits per heavy atom. The van der Waals surface area contributed by atoms with Crippen molar-refractivity contribution in [3.8, 4) is 5.69 Å². The summed E-state index contributed by atoms with van der Waals surface area (Å²) in [4.78, 5) is 20.1. The second kappa shape index (κ2) is 15.1. The summed E-state index contributed by atoms with van der Waals surface area (Å²) in [6.45, 7) is 14.7. The number of piperazine rings is 1. The first-order valence-corrected chi connectivity index (χ1v) is 14.6. The lowest BCUT2D eigenvalue weighted by atomic mass is 10.1. The molecule has 7 heteroatoms. The molecule has 0 saturated carbocycles. The van der Waals surface area contributed by atoms with E-state index in [1.807, 2.05) is 22.6 Å². The van der Waals surface area contributed by atoms with Crippen LogP contribution in [-0.4, -0.2) is 64.8 Å². The highest BCUT2D eigenvalue weighted by atomic mass is 19.1. The quantitative estimate of drug-likeness (QED) is 0.261. The maximum atomic E-state index is 14.2. The molecule has 1 saturated heterocycles. The molecular weight excluding hydrogens is 465 g/mol. The van der Waals surface area contributed by atoms with E-state index in [0.29, 0.717) is 13.0 Å². The highest BCUT2D eigenvalue weighted by Crippen LogP contribution is 2.30. The molecule has 0 unspecified atom stereocenters. The summed E-state index contributed by atoms with van der Waals surface area (Å²) in [7, 11) is 0. The smallest absolute Gasteiger partial charge is 0.222 e. The standard InChI is InChI=1S/C30H48FN5O/c1-5-8-9-10-11-12-13-17-29(37)35(18-6-2)24-28-25(4)32-36(27-16-14-15-26(31)23-27)30(28)34-21-19-33(7-3)20-22-34/h14-16,23H,5-13,17-22,24H2,1-4H3. The number of carbonyl (C=O) groups excluding carboxylic acids is 1. The topological polar surface area (TPSA) is 44.6 Å². The maximum Gasteiger partial charge on any atom is 0.222 e. The third-order valence-corrected chi connectivity index (χ3v) is 7.52. The molecule has 37 heavy (non-hydrogen) atoms. The van der Waals surface area contributed by atoms with Crippen molar-refractivity contribution in [3.63, 3.8) is 0 Å². The lowest BCUT2D eigenvalue weighted by molar-refractivity contribution is -0.132. The summed E-state index contributed by atoms with van der Waals surface area (Å²) in [5.41, 5.74) is 2.70. The Morgan fingerprint density at radius 1 is 0.973 bits per heavy atom. The fourth-order valence-electron chi connectivity index (χ4n) is 5.27. The third-order valence-electron chi connectivity index (χ3n) is 7.52. The summed E-state index contributed by atoms with van der Waals surface area (Å²) in [6, 6.07) is 6.64. The largest absolute Gasteiger partial charge is 0.354 e. The SMILES string of the molecule is CCCCCCCCCC(=O)N(CCC)Cc1c(C)nn(-c2cccc(F)c2)c1N1CCN(CC)CC1. The van der Waals surface area contributed by atoms with Crippen molar-refractivity contribution in [2.75, 3.05) is 44.2 Å². The Bertz CT molecular complexity index is 967. The Labute approximate surface area is 223 Å². The van der Waals surface area contributed by atoms with Crippen LogP contribution in [-0.2, 0) is 11.3 Å². The Hall–Kier alpha value is -2.41. The number of hydrogen-bond donors (Lipinski definition) is 0. The van der Waals surface area contributed by atoms with E-state index in [1.54, 1.807) is 6.07 Å². The van der Waals surface area contributed by atoms with Crippen LogP contribution in [0.1, 0.15) is 89.8 Å². The second-order valence-corrected chi connectivity index (χ2v) is 10.4. The predicted molar refractivity (Wildman–Crippen MR) is 151 cm³/mol. The van der Waals surface area contributed by atoms with Gasteiger partial charge >= 0.3 is 0 Å². The molecule has 1 aromatic heterocycles. The van der Waals surface area contributed by atoms with Crippen LogP contribution in [0.2, 0.25) is 0 Å². The first-order valence-electron chi connectivity index (χ1n) is 14.6. The van der Waals surface area contributed by atoms with E-state index in [0.717, 1.165) is 81.3 Å².